The zero-order valence-corrected chi connectivity index (χ0v) is 17.8. The number of anilines is 1. The molecule has 5 rings (SSSR count). The van der Waals surface area contributed by atoms with Gasteiger partial charge in [-0.3, -0.25) is 14.7 Å². The van der Waals surface area contributed by atoms with Crippen molar-refractivity contribution in [2.24, 2.45) is 4.99 Å². The minimum atomic E-state index is -3.69. The standard InChI is InChI=1S/C22H24N4O3S/c1-15-13-23-21-25(14-16-6-4-3-5-7-16)20(27)18-12-17(8-9-19(18)26(15)21)30(28,29)24-22(2)10-11-22/h3-9,12,15,24H,10-11,13-14H2,1-2H3/t15-/m1/s1. The van der Waals surface area contributed by atoms with E-state index in [1.165, 1.54) is 6.07 Å². The number of rotatable bonds is 5. The molecule has 8 heteroatoms. The summed E-state index contributed by atoms with van der Waals surface area (Å²) in [7, 11) is -3.69. The van der Waals surface area contributed by atoms with Gasteiger partial charge in [-0.2, -0.15) is 0 Å². The molecule has 2 aromatic carbocycles. The van der Waals surface area contributed by atoms with E-state index in [9.17, 15) is 13.2 Å². The van der Waals surface area contributed by atoms with E-state index in [1.807, 2.05) is 42.2 Å². The first kappa shape index (κ1) is 19.3. The monoisotopic (exact) mass is 424 g/mol. The van der Waals surface area contributed by atoms with E-state index in [1.54, 1.807) is 17.0 Å². The van der Waals surface area contributed by atoms with Crippen molar-refractivity contribution < 1.29 is 13.2 Å². The fraction of sp³-hybridized carbons (Fsp3) is 0.364. The van der Waals surface area contributed by atoms with Crippen LogP contribution in [0.1, 0.15) is 42.6 Å². The zero-order valence-electron chi connectivity index (χ0n) is 17.0. The zero-order chi connectivity index (χ0) is 21.1. The van der Waals surface area contributed by atoms with Crippen molar-refractivity contribution in [2.75, 3.05) is 11.4 Å². The molecule has 0 radical (unpaired) electrons. The molecule has 2 aromatic rings. The van der Waals surface area contributed by atoms with Crippen LogP contribution < -0.4 is 9.62 Å². The normalized spacial score (nSPS) is 21.9. The first-order valence-electron chi connectivity index (χ1n) is 10.1. The Morgan fingerprint density at radius 1 is 1.17 bits per heavy atom. The van der Waals surface area contributed by atoms with Gasteiger partial charge in [0.15, 0.2) is 0 Å². The van der Waals surface area contributed by atoms with E-state index in [0.717, 1.165) is 18.4 Å². The lowest BCUT2D eigenvalue weighted by Gasteiger charge is -2.38. The third kappa shape index (κ3) is 3.20. The second kappa shape index (κ2) is 6.65. The number of carbonyl (C=O) groups excluding carboxylic acids is 1. The average Bonchev–Trinajstić information content (AvgIpc) is 3.31. The molecule has 1 saturated carbocycles. The van der Waals surface area contributed by atoms with Crippen LogP contribution in [-0.4, -0.2) is 43.3 Å². The topological polar surface area (TPSA) is 82.1 Å². The lowest BCUT2D eigenvalue weighted by Crippen LogP contribution is -2.52. The highest BCUT2D eigenvalue weighted by Crippen LogP contribution is 2.38. The second-order valence-corrected chi connectivity index (χ2v) is 10.3. The molecule has 1 atom stereocenters. The maximum absolute atomic E-state index is 13.5. The summed E-state index contributed by atoms with van der Waals surface area (Å²) < 4.78 is 28.5. The number of aliphatic imine (C=N–C) groups is 1. The lowest BCUT2D eigenvalue weighted by molar-refractivity contribution is 0.0833. The number of fused-ring (bicyclic) bond motifs is 3. The van der Waals surface area contributed by atoms with Crippen LogP contribution in [0.4, 0.5) is 5.69 Å². The van der Waals surface area contributed by atoms with E-state index >= 15 is 0 Å². The van der Waals surface area contributed by atoms with Crippen molar-refractivity contribution in [3.63, 3.8) is 0 Å². The van der Waals surface area contributed by atoms with Crippen LogP contribution in [0, 0.1) is 0 Å². The first-order valence-corrected chi connectivity index (χ1v) is 11.6. The lowest BCUT2D eigenvalue weighted by atomic mass is 10.1. The first-order chi connectivity index (χ1) is 14.3. The van der Waals surface area contributed by atoms with Crippen molar-refractivity contribution in [3.8, 4) is 0 Å². The van der Waals surface area contributed by atoms with Gasteiger partial charge in [0.2, 0.25) is 16.0 Å². The third-order valence-electron chi connectivity index (χ3n) is 5.97. The molecule has 0 spiro atoms. The number of hydrogen-bond donors (Lipinski definition) is 1. The van der Waals surface area contributed by atoms with Crippen LogP contribution >= 0.6 is 0 Å². The Kier molecular flexibility index (Phi) is 4.27. The van der Waals surface area contributed by atoms with Crippen molar-refractivity contribution in [1.82, 2.24) is 9.62 Å². The molecule has 30 heavy (non-hydrogen) atoms. The highest BCUT2D eigenvalue weighted by Gasteiger charge is 2.43. The molecule has 3 aliphatic rings. The number of guanidine groups is 1. The minimum absolute atomic E-state index is 0.0936. The summed E-state index contributed by atoms with van der Waals surface area (Å²) in [5.74, 6) is 0.399. The van der Waals surface area contributed by atoms with Gasteiger partial charge in [0.05, 0.1) is 35.3 Å². The third-order valence-corrected chi connectivity index (χ3v) is 7.61. The summed E-state index contributed by atoms with van der Waals surface area (Å²) in [6.45, 7) is 4.92. The van der Waals surface area contributed by atoms with Crippen molar-refractivity contribution >= 4 is 27.6 Å². The maximum Gasteiger partial charge on any atom is 0.263 e. The van der Waals surface area contributed by atoms with Crippen LogP contribution in [0.2, 0.25) is 0 Å². The van der Waals surface area contributed by atoms with E-state index in [2.05, 4.69) is 16.6 Å². The number of carbonyl (C=O) groups is 1. The number of sulfonamides is 1. The van der Waals surface area contributed by atoms with E-state index in [0.29, 0.717) is 30.3 Å². The second-order valence-electron chi connectivity index (χ2n) is 8.58. The number of hydrogen-bond acceptors (Lipinski definition) is 5. The molecule has 1 amide bonds. The quantitative estimate of drug-likeness (QED) is 0.800. The molecule has 2 aliphatic heterocycles. The Morgan fingerprint density at radius 2 is 1.90 bits per heavy atom. The largest absolute Gasteiger partial charge is 0.307 e. The van der Waals surface area contributed by atoms with Gasteiger partial charge in [0.25, 0.3) is 5.91 Å². The summed E-state index contributed by atoms with van der Waals surface area (Å²) in [5, 5.41) is 0. The summed E-state index contributed by atoms with van der Waals surface area (Å²) in [5.41, 5.74) is 1.72. The SMILES string of the molecule is C[C@@H]1CN=C2N(Cc3ccccc3)C(=O)c3cc(S(=O)(=O)NC4(C)CC4)ccc3N21. The van der Waals surface area contributed by atoms with Crippen molar-refractivity contribution in [1.29, 1.82) is 0 Å². The Bertz CT molecular complexity index is 1160. The van der Waals surface area contributed by atoms with Gasteiger partial charge >= 0.3 is 0 Å². The highest BCUT2D eigenvalue weighted by molar-refractivity contribution is 7.89. The van der Waals surface area contributed by atoms with Gasteiger partial charge in [-0.25, -0.2) is 13.1 Å². The number of amides is 1. The molecule has 2 heterocycles. The van der Waals surface area contributed by atoms with Gasteiger partial charge in [-0.05, 0) is 50.5 Å². The van der Waals surface area contributed by atoms with Crippen LogP contribution in [0.3, 0.4) is 0 Å². The van der Waals surface area contributed by atoms with Crippen LogP contribution in [0.5, 0.6) is 0 Å². The molecule has 0 bridgehead atoms. The summed E-state index contributed by atoms with van der Waals surface area (Å²) in [6.07, 6.45) is 1.65. The molecule has 0 aromatic heterocycles. The van der Waals surface area contributed by atoms with Crippen LogP contribution in [0.15, 0.2) is 58.4 Å². The molecule has 156 valence electrons. The predicted octanol–water partition coefficient (Wildman–Crippen LogP) is 2.74. The fourth-order valence-corrected chi connectivity index (χ4v) is 5.50. The highest BCUT2D eigenvalue weighted by atomic mass is 32.2. The summed E-state index contributed by atoms with van der Waals surface area (Å²) in [6, 6.07) is 14.6. The van der Waals surface area contributed by atoms with Gasteiger partial charge in [0, 0.05) is 5.54 Å². The Morgan fingerprint density at radius 3 is 2.60 bits per heavy atom. The van der Waals surface area contributed by atoms with Crippen LogP contribution in [-0.2, 0) is 16.6 Å². The van der Waals surface area contributed by atoms with Gasteiger partial charge in [0.1, 0.15) is 0 Å². The number of nitrogens with zero attached hydrogens (tertiary/aromatic N) is 3. The molecule has 0 unspecified atom stereocenters. The van der Waals surface area contributed by atoms with Gasteiger partial charge < -0.3 is 4.90 Å². The summed E-state index contributed by atoms with van der Waals surface area (Å²) >= 11 is 0. The smallest absolute Gasteiger partial charge is 0.263 e. The van der Waals surface area contributed by atoms with Gasteiger partial charge in [-0.15, -0.1) is 0 Å². The fourth-order valence-electron chi connectivity index (χ4n) is 4.01. The van der Waals surface area contributed by atoms with Crippen LogP contribution in [0.25, 0.3) is 0 Å². The maximum atomic E-state index is 13.5. The molecule has 1 N–H and O–H groups in total. The molecular weight excluding hydrogens is 400 g/mol. The Hall–Kier alpha value is -2.71. The van der Waals surface area contributed by atoms with E-state index in [-0.39, 0.29) is 22.4 Å². The number of nitrogens with one attached hydrogen (secondary N) is 1. The molecule has 0 saturated heterocycles. The minimum Gasteiger partial charge on any atom is -0.307 e. The molecule has 1 aliphatic carbocycles. The predicted molar refractivity (Wildman–Crippen MR) is 115 cm³/mol. The molecular formula is C22H24N4O3S. The van der Waals surface area contributed by atoms with E-state index < -0.39 is 10.0 Å². The Balaban J connectivity index is 1.56. The average molecular weight is 425 g/mol. The molecule has 7 nitrogen and oxygen atoms in total. The number of benzene rings is 2. The Labute approximate surface area is 176 Å². The molecule has 1 fully saturated rings. The summed E-state index contributed by atoms with van der Waals surface area (Å²) in [4.78, 5) is 21.9. The van der Waals surface area contributed by atoms with Gasteiger partial charge in [-0.1, -0.05) is 30.3 Å². The van der Waals surface area contributed by atoms with Crippen molar-refractivity contribution in [2.45, 2.75) is 49.7 Å². The van der Waals surface area contributed by atoms with E-state index in [4.69, 9.17) is 0 Å². The van der Waals surface area contributed by atoms with Crippen molar-refractivity contribution in [3.05, 3.63) is 59.7 Å².